The first-order chi connectivity index (χ1) is 9.79. The van der Waals surface area contributed by atoms with E-state index in [4.69, 9.17) is 10.7 Å². The molecule has 0 bridgehead atoms. The van der Waals surface area contributed by atoms with Crippen molar-refractivity contribution in [2.24, 2.45) is 0 Å². The fraction of sp³-hybridized carbons (Fsp3) is 0.438. The molecule has 0 spiro atoms. The molecule has 1 aromatic carbocycles. The highest BCUT2D eigenvalue weighted by Gasteiger charge is 2.34. The first-order valence-corrected chi connectivity index (χ1v) is 7.92. The van der Waals surface area contributed by atoms with E-state index in [1.54, 1.807) is 12.1 Å². The zero-order valence-electron chi connectivity index (χ0n) is 12.5. The minimum absolute atomic E-state index is 0.128. The van der Waals surface area contributed by atoms with Gasteiger partial charge in [-0.2, -0.15) is 0 Å². The van der Waals surface area contributed by atoms with Crippen molar-refractivity contribution in [3.05, 3.63) is 34.3 Å². The van der Waals surface area contributed by atoms with Crippen LogP contribution in [0.2, 0.25) is 0 Å². The lowest BCUT2D eigenvalue weighted by Crippen LogP contribution is -2.19. The van der Waals surface area contributed by atoms with E-state index in [1.807, 2.05) is 0 Å². The standard InChI is InChI=1S/C16H19BrFN3/c1-16(2,3)15-20-13(14(19)21(15)10-5-6-10)11-8-9(17)4-7-12(11)18/h4,7-8,10H,5-6,19H2,1-3H3. The topological polar surface area (TPSA) is 43.8 Å². The summed E-state index contributed by atoms with van der Waals surface area (Å²) in [6.45, 7) is 6.32. The van der Waals surface area contributed by atoms with Gasteiger partial charge in [-0.1, -0.05) is 36.7 Å². The number of nitrogens with zero attached hydrogens (tertiary/aromatic N) is 2. The summed E-state index contributed by atoms with van der Waals surface area (Å²) in [6, 6.07) is 5.26. The molecule has 0 amide bonds. The van der Waals surface area contributed by atoms with Gasteiger partial charge in [-0.15, -0.1) is 0 Å². The number of halogens is 2. The summed E-state index contributed by atoms with van der Waals surface area (Å²) in [5.74, 6) is 1.20. The molecule has 1 aliphatic carbocycles. The number of nitrogens with two attached hydrogens (primary N) is 1. The summed E-state index contributed by atoms with van der Waals surface area (Å²) >= 11 is 3.38. The van der Waals surface area contributed by atoms with Crippen molar-refractivity contribution < 1.29 is 4.39 Å². The zero-order valence-corrected chi connectivity index (χ0v) is 14.0. The van der Waals surface area contributed by atoms with Crippen LogP contribution in [0.4, 0.5) is 10.2 Å². The molecular formula is C16H19BrFN3. The minimum atomic E-state index is -0.300. The fourth-order valence-electron chi connectivity index (χ4n) is 2.55. The largest absolute Gasteiger partial charge is 0.383 e. The average Bonchev–Trinajstić information content (AvgIpc) is 3.15. The SMILES string of the molecule is CC(C)(C)c1nc(-c2cc(Br)ccc2F)c(N)n1C1CC1. The maximum Gasteiger partial charge on any atom is 0.132 e. The number of nitrogen functional groups attached to an aromatic ring is 1. The van der Waals surface area contributed by atoms with Gasteiger partial charge in [0.05, 0.1) is 0 Å². The lowest BCUT2D eigenvalue weighted by molar-refractivity contribution is 0.504. The van der Waals surface area contributed by atoms with Gasteiger partial charge in [0, 0.05) is 21.5 Å². The van der Waals surface area contributed by atoms with E-state index in [2.05, 4.69) is 41.3 Å². The van der Waals surface area contributed by atoms with Gasteiger partial charge >= 0.3 is 0 Å². The van der Waals surface area contributed by atoms with E-state index < -0.39 is 0 Å². The van der Waals surface area contributed by atoms with E-state index in [9.17, 15) is 4.39 Å². The molecule has 1 heterocycles. The molecule has 112 valence electrons. The molecule has 0 aliphatic heterocycles. The fourth-order valence-corrected chi connectivity index (χ4v) is 2.91. The molecule has 0 radical (unpaired) electrons. The summed E-state index contributed by atoms with van der Waals surface area (Å²) in [6.07, 6.45) is 2.23. The second-order valence-electron chi connectivity index (χ2n) is 6.64. The Hall–Kier alpha value is -1.36. The van der Waals surface area contributed by atoms with E-state index >= 15 is 0 Å². The lowest BCUT2D eigenvalue weighted by atomic mass is 9.95. The second kappa shape index (κ2) is 4.83. The monoisotopic (exact) mass is 351 g/mol. The predicted octanol–water partition coefficient (Wildman–Crippen LogP) is 4.67. The van der Waals surface area contributed by atoms with E-state index in [0.717, 1.165) is 23.1 Å². The Bertz CT molecular complexity index is 696. The zero-order chi connectivity index (χ0) is 15.4. The van der Waals surface area contributed by atoms with Gasteiger partial charge in [0.25, 0.3) is 0 Å². The Morgan fingerprint density at radius 3 is 2.57 bits per heavy atom. The Balaban J connectivity index is 2.22. The van der Waals surface area contributed by atoms with Crippen LogP contribution in [0, 0.1) is 5.82 Å². The quantitative estimate of drug-likeness (QED) is 0.854. The highest BCUT2D eigenvalue weighted by atomic mass is 79.9. The van der Waals surface area contributed by atoms with E-state index in [1.165, 1.54) is 6.07 Å². The van der Waals surface area contributed by atoms with Gasteiger partial charge in [0.15, 0.2) is 0 Å². The third-order valence-corrected chi connectivity index (χ3v) is 4.21. The summed E-state index contributed by atoms with van der Waals surface area (Å²) in [4.78, 5) is 4.69. The molecule has 3 nitrogen and oxygen atoms in total. The Morgan fingerprint density at radius 2 is 2.00 bits per heavy atom. The van der Waals surface area contributed by atoms with Gasteiger partial charge < -0.3 is 10.3 Å². The summed E-state index contributed by atoms with van der Waals surface area (Å²) in [7, 11) is 0. The van der Waals surface area contributed by atoms with E-state index in [0.29, 0.717) is 23.1 Å². The molecule has 2 aromatic rings. The van der Waals surface area contributed by atoms with Crippen LogP contribution in [-0.4, -0.2) is 9.55 Å². The molecule has 1 fully saturated rings. The Labute approximate surface area is 132 Å². The van der Waals surface area contributed by atoms with E-state index in [-0.39, 0.29) is 11.2 Å². The van der Waals surface area contributed by atoms with Crippen molar-refractivity contribution in [1.82, 2.24) is 9.55 Å². The minimum Gasteiger partial charge on any atom is -0.383 e. The van der Waals surface area contributed by atoms with Crippen LogP contribution in [0.1, 0.15) is 45.5 Å². The second-order valence-corrected chi connectivity index (χ2v) is 7.56. The molecule has 5 heteroatoms. The molecule has 1 aromatic heterocycles. The number of anilines is 1. The van der Waals surface area contributed by atoms with Crippen LogP contribution in [-0.2, 0) is 5.41 Å². The van der Waals surface area contributed by atoms with Gasteiger partial charge in [-0.3, -0.25) is 0 Å². The van der Waals surface area contributed by atoms with Crippen molar-refractivity contribution in [3.8, 4) is 11.3 Å². The first kappa shape index (κ1) is 14.6. The number of benzene rings is 1. The molecule has 1 aliphatic rings. The predicted molar refractivity (Wildman–Crippen MR) is 86.7 cm³/mol. The van der Waals surface area contributed by atoms with Crippen LogP contribution in [0.25, 0.3) is 11.3 Å². The highest BCUT2D eigenvalue weighted by Crippen LogP contribution is 2.44. The molecular weight excluding hydrogens is 333 g/mol. The van der Waals surface area contributed by atoms with Crippen molar-refractivity contribution in [3.63, 3.8) is 0 Å². The number of imidazole rings is 1. The smallest absolute Gasteiger partial charge is 0.132 e. The van der Waals surface area contributed by atoms with Crippen LogP contribution in [0.3, 0.4) is 0 Å². The third kappa shape index (κ3) is 2.59. The Kier molecular flexibility index (Phi) is 3.35. The normalized spacial score (nSPS) is 15.5. The molecule has 21 heavy (non-hydrogen) atoms. The van der Waals surface area contributed by atoms with Crippen molar-refractivity contribution >= 4 is 21.7 Å². The van der Waals surface area contributed by atoms with Crippen molar-refractivity contribution in [2.75, 3.05) is 5.73 Å². The molecule has 3 rings (SSSR count). The first-order valence-electron chi connectivity index (χ1n) is 7.12. The molecule has 0 unspecified atom stereocenters. The molecule has 0 saturated heterocycles. The average molecular weight is 352 g/mol. The number of rotatable bonds is 2. The number of hydrogen-bond donors (Lipinski definition) is 1. The van der Waals surface area contributed by atoms with Crippen LogP contribution < -0.4 is 5.73 Å². The van der Waals surface area contributed by atoms with Crippen LogP contribution in [0.5, 0.6) is 0 Å². The molecule has 1 saturated carbocycles. The maximum absolute atomic E-state index is 14.2. The summed E-state index contributed by atoms with van der Waals surface area (Å²) < 4.78 is 17.1. The third-order valence-electron chi connectivity index (χ3n) is 3.71. The van der Waals surface area contributed by atoms with Gasteiger partial charge in [-0.25, -0.2) is 9.37 Å². The number of aromatic nitrogens is 2. The van der Waals surface area contributed by atoms with Crippen molar-refractivity contribution in [1.29, 1.82) is 0 Å². The summed E-state index contributed by atoms with van der Waals surface area (Å²) in [5.41, 5.74) is 7.18. The van der Waals surface area contributed by atoms with Gasteiger partial charge in [-0.05, 0) is 31.0 Å². The maximum atomic E-state index is 14.2. The van der Waals surface area contributed by atoms with Crippen LogP contribution in [0.15, 0.2) is 22.7 Å². The highest BCUT2D eigenvalue weighted by molar-refractivity contribution is 9.10. The molecule has 2 N–H and O–H groups in total. The van der Waals surface area contributed by atoms with Gasteiger partial charge in [0.1, 0.15) is 23.2 Å². The van der Waals surface area contributed by atoms with Gasteiger partial charge in [0.2, 0.25) is 0 Å². The van der Waals surface area contributed by atoms with Crippen molar-refractivity contribution in [2.45, 2.75) is 45.1 Å². The number of hydrogen-bond acceptors (Lipinski definition) is 2. The lowest BCUT2D eigenvalue weighted by Gasteiger charge is -2.20. The summed E-state index contributed by atoms with van der Waals surface area (Å²) in [5, 5.41) is 0. The van der Waals surface area contributed by atoms with Crippen LogP contribution >= 0.6 is 15.9 Å². The molecule has 0 atom stereocenters. The Morgan fingerprint density at radius 1 is 1.33 bits per heavy atom.